The molecular weight excluding hydrogens is 426 g/mol. The van der Waals surface area contributed by atoms with Crippen molar-refractivity contribution < 1.29 is 0 Å². The van der Waals surface area contributed by atoms with E-state index in [-0.39, 0.29) is 0 Å². The lowest BCUT2D eigenvalue weighted by molar-refractivity contribution is 1.28. The van der Waals surface area contributed by atoms with Gasteiger partial charge in [-0.2, -0.15) is 0 Å². The van der Waals surface area contributed by atoms with Crippen LogP contribution in [-0.4, -0.2) is 14.4 Å². The van der Waals surface area contributed by atoms with E-state index in [1.165, 1.54) is 38.5 Å². The van der Waals surface area contributed by atoms with Crippen LogP contribution in [0.15, 0.2) is 115 Å². The number of nitrogens with zero attached hydrogens (tertiary/aromatic N) is 3. The molecule has 3 heteroatoms. The largest absolute Gasteiger partial charge is 0.291 e. The van der Waals surface area contributed by atoms with Crippen LogP contribution in [0.3, 0.4) is 0 Å². The van der Waals surface area contributed by atoms with Crippen LogP contribution in [0.25, 0.3) is 71.6 Å². The summed E-state index contributed by atoms with van der Waals surface area (Å²) in [6, 6.07) is 40.7. The van der Waals surface area contributed by atoms with Crippen LogP contribution in [-0.2, 0) is 0 Å². The molecule has 3 nitrogen and oxygen atoms in total. The SMILES string of the molecule is c1ccc(-c2ccccc2-c2ccc3c(c2)c2cccc4c5nc6ccccc6nc5n3c24)cc1. The molecule has 0 aliphatic heterocycles. The first-order valence-electron chi connectivity index (χ1n) is 11.9. The van der Waals surface area contributed by atoms with Crippen molar-refractivity contribution in [2.75, 3.05) is 0 Å². The van der Waals surface area contributed by atoms with Crippen molar-refractivity contribution in [1.29, 1.82) is 0 Å². The number of para-hydroxylation sites is 3. The molecule has 0 bridgehead atoms. The fraction of sp³-hybridized carbons (Fsp3) is 0. The zero-order valence-corrected chi connectivity index (χ0v) is 18.8. The topological polar surface area (TPSA) is 30.2 Å². The number of benzene rings is 5. The molecule has 0 radical (unpaired) electrons. The highest BCUT2D eigenvalue weighted by Gasteiger charge is 2.20. The Bertz CT molecular complexity index is 2050. The summed E-state index contributed by atoms with van der Waals surface area (Å²) in [7, 11) is 0. The van der Waals surface area contributed by atoms with Crippen LogP contribution in [0.2, 0.25) is 0 Å². The molecule has 0 saturated heterocycles. The summed E-state index contributed by atoms with van der Waals surface area (Å²) in [4.78, 5) is 10.1. The van der Waals surface area contributed by atoms with Crippen LogP contribution in [0.1, 0.15) is 0 Å². The first-order valence-corrected chi connectivity index (χ1v) is 11.9. The molecule has 8 rings (SSSR count). The van der Waals surface area contributed by atoms with Gasteiger partial charge in [-0.15, -0.1) is 0 Å². The van der Waals surface area contributed by atoms with Crippen molar-refractivity contribution in [2.24, 2.45) is 0 Å². The average molecular weight is 446 g/mol. The lowest BCUT2D eigenvalue weighted by Crippen LogP contribution is -1.89. The number of fused-ring (bicyclic) bond motifs is 7. The molecule has 35 heavy (non-hydrogen) atoms. The van der Waals surface area contributed by atoms with Gasteiger partial charge in [0.25, 0.3) is 0 Å². The quantitative estimate of drug-likeness (QED) is 0.269. The Morgan fingerprint density at radius 2 is 1.17 bits per heavy atom. The van der Waals surface area contributed by atoms with Gasteiger partial charge in [-0.3, -0.25) is 4.40 Å². The van der Waals surface area contributed by atoms with E-state index in [4.69, 9.17) is 9.97 Å². The minimum atomic E-state index is 0.919. The van der Waals surface area contributed by atoms with Crippen LogP contribution >= 0.6 is 0 Å². The maximum Gasteiger partial charge on any atom is 0.165 e. The summed E-state index contributed by atoms with van der Waals surface area (Å²) in [5.41, 5.74) is 11.0. The van der Waals surface area contributed by atoms with Gasteiger partial charge in [-0.25, -0.2) is 9.97 Å². The molecule has 0 aliphatic rings. The molecule has 3 aromatic heterocycles. The van der Waals surface area contributed by atoms with Gasteiger partial charge in [0.15, 0.2) is 5.65 Å². The smallest absolute Gasteiger partial charge is 0.165 e. The highest BCUT2D eigenvalue weighted by Crippen LogP contribution is 2.40. The highest BCUT2D eigenvalue weighted by atomic mass is 15.0. The van der Waals surface area contributed by atoms with E-state index in [9.17, 15) is 0 Å². The van der Waals surface area contributed by atoms with E-state index >= 15 is 0 Å². The molecule has 5 aromatic carbocycles. The zero-order valence-electron chi connectivity index (χ0n) is 18.8. The van der Waals surface area contributed by atoms with Crippen LogP contribution in [0.4, 0.5) is 0 Å². The molecule has 0 N–H and O–H groups in total. The Kier molecular flexibility index (Phi) is 3.66. The maximum atomic E-state index is 5.05. The third-order valence-corrected chi connectivity index (χ3v) is 7.13. The molecule has 0 atom stereocenters. The number of hydrogen-bond donors (Lipinski definition) is 0. The Balaban J connectivity index is 1.45. The van der Waals surface area contributed by atoms with Gasteiger partial charge in [0, 0.05) is 16.2 Å². The number of aromatic nitrogens is 3. The first kappa shape index (κ1) is 18.6. The normalized spacial score (nSPS) is 12.0. The zero-order chi connectivity index (χ0) is 22.9. The first-order chi connectivity index (χ1) is 17.4. The summed E-state index contributed by atoms with van der Waals surface area (Å²) in [6.07, 6.45) is 0. The molecule has 8 aromatic rings. The molecule has 0 amide bonds. The van der Waals surface area contributed by atoms with Crippen molar-refractivity contribution in [2.45, 2.75) is 0 Å². The second kappa shape index (κ2) is 6.87. The number of hydrogen-bond acceptors (Lipinski definition) is 2. The molecule has 0 unspecified atom stereocenters. The van der Waals surface area contributed by atoms with Crippen LogP contribution < -0.4 is 0 Å². The van der Waals surface area contributed by atoms with E-state index < -0.39 is 0 Å². The van der Waals surface area contributed by atoms with E-state index in [0.29, 0.717) is 0 Å². The standard InChI is InChI=1S/C32H19N3/c1-2-9-20(10-3-1)22-11-4-5-12-23(22)21-17-18-29-26(19-21)24-13-8-14-25-30-32(35(29)31(24)25)34-28-16-7-6-15-27(28)33-30/h1-19H. The fourth-order valence-corrected chi connectivity index (χ4v) is 5.58. The minimum absolute atomic E-state index is 0.919. The summed E-state index contributed by atoms with van der Waals surface area (Å²) in [5, 5.41) is 3.63. The van der Waals surface area contributed by atoms with E-state index in [1.807, 2.05) is 24.3 Å². The number of rotatable bonds is 2. The predicted molar refractivity (Wildman–Crippen MR) is 145 cm³/mol. The third kappa shape index (κ3) is 2.55. The van der Waals surface area contributed by atoms with Crippen molar-refractivity contribution in [3.63, 3.8) is 0 Å². The molecule has 162 valence electrons. The van der Waals surface area contributed by atoms with E-state index in [2.05, 4.69) is 95.4 Å². The van der Waals surface area contributed by atoms with Crippen molar-refractivity contribution >= 4 is 49.4 Å². The van der Waals surface area contributed by atoms with Gasteiger partial charge in [-0.1, -0.05) is 91.0 Å². The van der Waals surface area contributed by atoms with Crippen LogP contribution in [0.5, 0.6) is 0 Å². The summed E-state index contributed by atoms with van der Waals surface area (Å²) >= 11 is 0. The minimum Gasteiger partial charge on any atom is -0.291 e. The summed E-state index contributed by atoms with van der Waals surface area (Å²) in [6.45, 7) is 0. The molecular formula is C32H19N3. The van der Waals surface area contributed by atoms with Crippen LogP contribution in [0, 0.1) is 0 Å². The second-order valence-electron chi connectivity index (χ2n) is 9.07. The molecule has 3 heterocycles. The van der Waals surface area contributed by atoms with Gasteiger partial charge in [0.1, 0.15) is 5.52 Å². The molecule has 0 spiro atoms. The van der Waals surface area contributed by atoms with Gasteiger partial charge >= 0.3 is 0 Å². The Morgan fingerprint density at radius 1 is 0.486 bits per heavy atom. The Labute approximate surface area is 201 Å². The monoisotopic (exact) mass is 445 g/mol. The Hall–Kier alpha value is -4.76. The van der Waals surface area contributed by atoms with Gasteiger partial charge in [-0.05, 0) is 46.5 Å². The van der Waals surface area contributed by atoms with Crippen molar-refractivity contribution in [1.82, 2.24) is 14.4 Å². The fourth-order valence-electron chi connectivity index (χ4n) is 5.58. The molecule has 0 aliphatic carbocycles. The predicted octanol–water partition coefficient (Wildman–Crippen LogP) is 8.11. The molecule has 0 saturated carbocycles. The van der Waals surface area contributed by atoms with Gasteiger partial charge in [0.05, 0.1) is 22.1 Å². The second-order valence-corrected chi connectivity index (χ2v) is 9.07. The molecule has 0 fully saturated rings. The lowest BCUT2D eigenvalue weighted by atomic mass is 9.94. The summed E-state index contributed by atoms with van der Waals surface area (Å²) in [5.74, 6) is 0. The average Bonchev–Trinajstić information content (AvgIpc) is 3.43. The maximum absolute atomic E-state index is 5.05. The lowest BCUT2D eigenvalue weighted by Gasteiger charge is -2.10. The van der Waals surface area contributed by atoms with Gasteiger partial charge in [0.2, 0.25) is 0 Å². The van der Waals surface area contributed by atoms with Gasteiger partial charge < -0.3 is 0 Å². The summed E-state index contributed by atoms with van der Waals surface area (Å²) < 4.78 is 2.29. The van der Waals surface area contributed by atoms with E-state index in [0.717, 1.165) is 33.1 Å². The van der Waals surface area contributed by atoms with E-state index in [1.54, 1.807) is 0 Å². The Morgan fingerprint density at radius 3 is 2.00 bits per heavy atom. The highest BCUT2D eigenvalue weighted by molar-refractivity contribution is 6.22. The van der Waals surface area contributed by atoms with Crippen molar-refractivity contribution in [3.05, 3.63) is 115 Å². The third-order valence-electron chi connectivity index (χ3n) is 7.13. The van der Waals surface area contributed by atoms with Crippen molar-refractivity contribution in [3.8, 4) is 22.3 Å².